The lowest BCUT2D eigenvalue weighted by Gasteiger charge is -1.91. The molecule has 0 aliphatic heterocycles. The second kappa shape index (κ2) is 3.68. The Labute approximate surface area is 89.7 Å². The average molecular weight is 260 g/mol. The normalized spacial score (nSPS) is 10.9. The zero-order chi connectivity index (χ0) is 9.26. The summed E-state index contributed by atoms with van der Waals surface area (Å²) in [6.07, 6.45) is 4.81. The summed E-state index contributed by atoms with van der Waals surface area (Å²) in [6.45, 7) is 0. The lowest BCUT2D eigenvalue weighted by Crippen LogP contribution is -1.83. The second-order valence-corrected chi connectivity index (χ2v) is 4.01. The van der Waals surface area contributed by atoms with Crippen molar-refractivity contribution in [1.82, 2.24) is 9.38 Å². The minimum Gasteiger partial charge on any atom is -0.305 e. The van der Waals surface area contributed by atoms with Gasteiger partial charge in [0.05, 0.1) is 10.7 Å². The number of halogens is 2. The summed E-state index contributed by atoms with van der Waals surface area (Å²) in [4.78, 5) is 4.42. The van der Waals surface area contributed by atoms with Crippen LogP contribution < -0.4 is 0 Å². The predicted molar refractivity (Wildman–Crippen MR) is 57.7 cm³/mol. The highest BCUT2D eigenvalue weighted by molar-refractivity contribution is 9.09. The van der Waals surface area contributed by atoms with Gasteiger partial charge in [0.25, 0.3) is 0 Å². The number of alkyl halides is 1. The molecule has 0 atom stereocenters. The molecule has 0 amide bonds. The summed E-state index contributed by atoms with van der Waals surface area (Å²) in [7, 11) is 0. The molecule has 0 bridgehead atoms. The van der Waals surface area contributed by atoms with Crippen LogP contribution in [-0.2, 0) is 6.42 Å². The van der Waals surface area contributed by atoms with Gasteiger partial charge in [-0.15, -0.1) is 0 Å². The van der Waals surface area contributed by atoms with E-state index in [4.69, 9.17) is 11.6 Å². The van der Waals surface area contributed by atoms with Crippen LogP contribution in [0.4, 0.5) is 0 Å². The van der Waals surface area contributed by atoms with Crippen molar-refractivity contribution >= 4 is 33.2 Å². The number of rotatable bonds is 2. The smallest absolute Gasteiger partial charge is 0.137 e. The molecule has 0 N–H and O–H groups in total. The molecule has 2 aromatic heterocycles. The molecule has 4 heteroatoms. The fourth-order valence-corrected chi connectivity index (χ4v) is 1.81. The highest BCUT2D eigenvalue weighted by atomic mass is 79.9. The number of hydrogen-bond acceptors (Lipinski definition) is 1. The van der Waals surface area contributed by atoms with Crippen molar-refractivity contribution in [2.45, 2.75) is 6.42 Å². The Kier molecular flexibility index (Phi) is 2.56. The third kappa shape index (κ3) is 1.86. The number of aromatic nitrogens is 2. The van der Waals surface area contributed by atoms with Crippen molar-refractivity contribution in [3.8, 4) is 0 Å². The van der Waals surface area contributed by atoms with Crippen LogP contribution in [-0.4, -0.2) is 14.7 Å². The predicted octanol–water partition coefficient (Wildman–Crippen LogP) is 2.93. The van der Waals surface area contributed by atoms with Crippen LogP contribution >= 0.6 is 27.5 Å². The van der Waals surface area contributed by atoms with Gasteiger partial charge in [-0.05, 0) is 12.1 Å². The van der Waals surface area contributed by atoms with Crippen molar-refractivity contribution in [1.29, 1.82) is 0 Å². The van der Waals surface area contributed by atoms with Gasteiger partial charge in [-0.3, -0.25) is 0 Å². The largest absolute Gasteiger partial charge is 0.305 e. The van der Waals surface area contributed by atoms with Gasteiger partial charge in [0.1, 0.15) is 5.65 Å². The zero-order valence-corrected chi connectivity index (χ0v) is 9.22. The van der Waals surface area contributed by atoms with E-state index < -0.39 is 0 Å². The zero-order valence-electron chi connectivity index (χ0n) is 6.87. The molecule has 0 aliphatic rings. The third-order valence-corrected chi connectivity index (χ3v) is 2.44. The molecule has 0 aromatic carbocycles. The van der Waals surface area contributed by atoms with E-state index in [1.54, 1.807) is 0 Å². The molecule has 0 saturated heterocycles. The topological polar surface area (TPSA) is 17.3 Å². The van der Waals surface area contributed by atoms with Crippen LogP contribution in [0.3, 0.4) is 0 Å². The molecule has 0 fully saturated rings. The highest BCUT2D eigenvalue weighted by Crippen LogP contribution is 2.12. The van der Waals surface area contributed by atoms with Crippen LogP contribution in [0, 0.1) is 0 Å². The molecule has 0 radical (unpaired) electrons. The summed E-state index contributed by atoms with van der Waals surface area (Å²) in [5.74, 6) is 0. The van der Waals surface area contributed by atoms with E-state index in [1.807, 2.05) is 28.9 Å². The van der Waals surface area contributed by atoms with Gasteiger partial charge in [0, 0.05) is 24.1 Å². The summed E-state index contributed by atoms with van der Waals surface area (Å²) in [5.41, 5.74) is 2.03. The molecule has 2 heterocycles. The van der Waals surface area contributed by atoms with Gasteiger partial charge in [0.15, 0.2) is 0 Å². The summed E-state index contributed by atoms with van der Waals surface area (Å²) in [6, 6.07) is 3.77. The first kappa shape index (κ1) is 9.03. The molecule has 0 spiro atoms. The van der Waals surface area contributed by atoms with Crippen LogP contribution in [0.25, 0.3) is 5.65 Å². The molecule has 2 rings (SSSR count). The molecule has 13 heavy (non-hydrogen) atoms. The maximum atomic E-state index is 5.85. The summed E-state index contributed by atoms with van der Waals surface area (Å²) >= 11 is 9.23. The minimum atomic E-state index is 0.732. The van der Waals surface area contributed by atoms with E-state index in [2.05, 4.69) is 20.9 Å². The van der Waals surface area contributed by atoms with E-state index in [0.29, 0.717) is 0 Å². The van der Waals surface area contributed by atoms with E-state index >= 15 is 0 Å². The van der Waals surface area contributed by atoms with Gasteiger partial charge in [-0.2, -0.15) is 0 Å². The van der Waals surface area contributed by atoms with Gasteiger partial charge in [0.2, 0.25) is 0 Å². The van der Waals surface area contributed by atoms with Gasteiger partial charge < -0.3 is 4.40 Å². The van der Waals surface area contributed by atoms with Crippen molar-refractivity contribution in [3.63, 3.8) is 0 Å². The number of imidazole rings is 1. The number of aryl methyl sites for hydroxylation is 1. The minimum absolute atomic E-state index is 0.732. The van der Waals surface area contributed by atoms with Crippen LogP contribution in [0.2, 0.25) is 5.02 Å². The summed E-state index contributed by atoms with van der Waals surface area (Å²) in [5, 5.41) is 1.67. The molecule has 0 aliphatic carbocycles. The fourth-order valence-electron chi connectivity index (χ4n) is 1.23. The third-order valence-electron chi connectivity index (χ3n) is 1.82. The van der Waals surface area contributed by atoms with E-state index in [9.17, 15) is 0 Å². The van der Waals surface area contributed by atoms with Crippen molar-refractivity contribution in [3.05, 3.63) is 35.2 Å². The molecule has 2 nitrogen and oxygen atoms in total. The fraction of sp³-hybridized carbons (Fsp3) is 0.222. The van der Waals surface area contributed by atoms with Gasteiger partial charge in [-0.25, -0.2) is 4.98 Å². The number of fused-ring (bicyclic) bond motifs is 1. The molecule has 0 unspecified atom stereocenters. The lowest BCUT2D eigenvalue weighted by molar-refractivity contribution is 1.09. The quantitative estimate of drug-likeness (QED) is 0.758. The Balaban J connectivity index is 2.49. The average Bonchev–Trinajstić information content (AvgIpc) is 2.46. The van der Waals surface area contributed by atoms with Gasteiger partial charge >= 0.3 is 0 Å². The van der Waals surface area contributed by atoms with E-state index in [1.165, 1.54) is 0 Å². The first-order chi connectivity index (χ1) is 6.29. The number of hydrogen-bond donors (Lipinski definition) is 0. The van der Waals surface area contributed by atoms with Crippen molar-refractivity contribution in [2.24, 2.45) is 0 Å². The first-order valence-corrected chi connectivity index (χ1v) is 5.48. The first-order valence-electron chi connectivity index (χ1n) is 3.99. The van der Waals surface area contributed by atoms with Crippen LogP contribution in [0.5, 0.6) is 0 Å². The van der Waals surface area contributed by atoms with E-state index in [0.717, 1.165) is 28.1 Å². The lowest BCUT2D eigenvalue weighted by atomic mass is 10.4. The Morgan fingerprint density at radius 1 is 1.38 bits per heavy atom. The molecular formula is C9H8BrClN2. The SMILES string of the molecule is Clc1ccc2nc(CCBr)cn2c1. The molecular weight excluding hydrogens is 251 g/mol. The van der Waals surface area contributed by atoms with Crippen molar-refractivity contribution < 1.29 is 0 Å². The Morgan fingerprint density at radius 2 is 2.23 bits per heavy atom. The summed E-state index contributed by atoms with van der Waals surface area (Å²) < 4.78 is 1.94. The standard InChI is InChI=1S/C9H8BrClN2/c10-4-3-8-6-13-5-7(11)1-2-9(13)12-8/h1-2,5-6H,3-4H2. The monoisotopic (exact) mass is 258 g/mol. The Morgan fingerprint density at radius 3 is 3.00 bits per heavy atom. The maximum absolute atomic E-state index is 5.85. The molecule has 0 saturated carbocycles. The molecule has 2 aromatic rings. The van der Waals surface area contributed by atoms with Crippen LogP contribution in [0.15, 0.2) is 24.5 Å². The maximum Gasteiger partial charge on any atom is 0.137 e. The second-order valence-electron chi connectivity index (χ2n) is 2.78. The Bertz CT molecular complexity index is 424. The highest BCUT2D eigenvalue weighted by Gasteiger charge is 2.00. The van der Waals surface area contributed by atoms with Gasteiger partial charge in [-0.1, -0.05) is 27.5 Å². The Hall–Kier alpha value is -0.540. The molecule has 68 valence electrons. The van der Waals surface area contributed by atoms with Crippen molar-refractivity contribution in [2.75, 3.05) is 5.33 Å². The number of nitrogens with zero attached hydrogens (tertiary/aromatic N) is 2. The van der Waals surface area contributed by atoms with Crippen LogP contribution in [0.1, 0.15) is 5.69 Å². The number of pyridine rings is 1. The van der Waals surface area contributed by atoms with E-state index in [-0.39, 0.29) is 0 Å².